The lowest BCUT2D eigenvalue weighted by Crippen LogP contribution is -2.37. The molecule has 0 rings (SSSR count). The maximum atomic E-state index is 11.4. The van der Waals surface area contributed by atoms with E-state index in [0.717, 1.165) is 0 Å². The first-order valence-corrected chi connectivity index (χ1v) is 6.07. The van der Waals surface area contributed by atoms with E-state index in [2.05, 4.69) is 10.1 Å². The Morgan fingerprint density at radius 1 is 1.17 bits per heavy atom. The van der Waals surface area contributed by atoms with Crippen LogP contribution in [0.1, 0.15) is 41.0 Å². The maximum Gasteiger partial charge on any atom is 0.406 e. The molecule has 5 nitrogen and oxygen atoms in total. The minimum absolute atomic E-state index is 0.103. The van der Waals surface area contributed by atoms with E-state index in [1.165, 1.54) is 7.11 Å². The number of hydrogen-bond donors (Lipinski definition) is 1. The Morgan fingerprint density at radius 3 is 2.17 bits per heavy atom. The van der Waals surface area contributed by atoms with E-state index < -0.39 is 17.1 Å². The number of methoxy groups -OCH3 is 1. The average molecular weight is 259 g/mol. The fourth-order valence-electron chi connectivity index (χ4n) is 1.09. The first kappa shape index (κ1) is 16.9. The van der Waals surface area contributed by atoms with Gasteiger partial charge in [-0.3, -0.25) is 4.79 Å². The number of amides is 1. The molecule has 0 saturated carbocycles. The van der Waals surface area contributed by atoms with Crippen LogP contribution in [0.3, 0.4) is 0 Å². The summed E-state index contributed by atoms with van der Waals surface area (Å²) in [5.41, 5.74) is -0.874. The lowest BCUT2D eigenvalue weighted by Gasteiger charge is -2.30. The van der Waals surface area contributed by atoms with Crippen molar-refractivity contribution < 1.29 is 19.1 Å². The first-order valence-electron chi connectivity index (χ1n) is 6.07. The summed E-state index contributed by atoms with van der Waals surface area (Å²) in [6.45, 7) is 9.99. The highest BCUT2D eigenvalue weighted by atomic mass is 16.5. The predicted octanol–water partition coefficient (Wildman–Crippen LogP) is 2.14. The highest BCUT2D eigenvalue weighted by molar-refractivity contribution is 5.81. The quantitative estimate of drug-likeness (QED) is 0.760. The third-order valence-corrected chi connectivity index (χ3v) is 2.96. The highest BCUT2D eigenvalue weighted by Crippen LogP contribution is 2.22. The van der Waals surface area contributed by atoms with Crippen LogP contribution in [0, 0.1) is 5.41 Å². The SMILES string of the molecule is COC(=O)NCCC(C)(C)OCC(C)(C)C(C)=O. The molecule has 0 aromatic heterocycles. The molecule has 0 saturated heterocycles. The Bertz CT molecular complexity index is 297. The van der Waals surface area contributed by atoms with Gasteiger partial charge in [0.1, 0.15) is 5.78 Å². The van der Waals surface area contributed by atoms with E-state index in [1.54, 1.807) is 6.92 Å². The maximum absolute atomic E-state index is 11.4. The molecule has 0 aliphatic carbocycles. The zero-order valence-electron chi connectivity index (χ0n) is 12.3. The Balaban J connectivity index is 4.08. The lowest BCUT2D eigenvalue weighted by molar-refractivity contribution is -0.132. The topological polar surface area (TPSA) is 64.6 Å². The summed E-state index contributed by atoms with van der Waals surface area (Å²) in [5, 5.41) is 2.60. The molecule has 1 N–H and O–H groups in total. The van der Waals surface area contributed by atoms with Gasteiger partial charge in [0.25, 0.3) is 0 Å². The number of rotatable bonds is 7. The van der Waals surface area contributed by atoms with Crippen molar-refractivity contribution in [2.45, 2.75) is 46.6 Å². The number of carbonyl (C=O) groups excluding carboxylic acids is 2. The number of nitrogens with one attached hydrogen (secondary N) is 1. The predicted molar refractivity (Wildman–Crippen MR) is 69.5 cm³/mol. The number of Topliss-reactive ketones (excluding diaryl/α,β-unsaturated/α-hetero) is 1. The number of ether oxygens (including phenoxy) is 2. The summed E-state index contributed by atoms with van der Waals surface area (Å²) < 4.78 is 10.2. The molecule has 0 aromatic carbocycles. The Hall–Kier alpha value is -1.10. The molecule has 0 aliphatic heterocycles. The zero-order valence-corrected chi connectivity index (χ0v) is 12.3. The molecule has 18 heavy (non-hydrogen) atoms. The third-order valence-electron chi connectivity index (χ3n) is 2.96. The second kappa shape index (κ2) is 6.73. The first-order chi connectivity index (χ1) is 8.10. The van der Waals surface area contributed by atoms with Crippen molar-refractivity contribution in [3.63, 3.8) is 0 Å². The van der Waals surface area contributed by atoms with Crippen LogP contribution in [0.5, 0.6) is 0 Å². The van der Waals surface area contributed by atoms with Crippen LogP contribution in [-0.4, -0.2) is 37.7 Å². The molecule has 0 bridgehead atoms. The number of carbonyl (C=O) groups is 2. The van der Waals surface area contributed by atoms with Crippen LogP contribution < -0.4 is 5.32 Å². The van der Waals surface area contributed by atoms with Gasteiger partial charge in [0.2, 0.25) is 0 Å². The lowest BCUT2D eigenvalue weighted by atomic mass is 9.90. The molecular weight excluding hydrogens is 234 g/mol. The fraction of sp³-hybridized carbons (Fsp3) is 0.846. The molecule has 0 aromatic rings. The molecule has 0 unspecified atom stereocenters. The van der Waals surface area contributed by atoms with Crippen molar-refractivity contribution in [3.05, 3.63) is 0 Å². The van der Waals surface area contributed by atoms with Gasteiger partial charge in [-0.15, -0.1) is 0 Å². The Morgan fingerprint density at radius 2 is 1.72 bits per heavy atom. The molecule has 0 atom stereocenters. The molecule has 0 fully saturated rings. The van der Waals surface area contributed by atoms with E-state index in [9.17, 15) is 9.59 Å². The summed E-state index contributed by atoms with van der Waals surface area (Å²) >= 11 is 0. The van der Waals surface area contributed by atoms with Crippen LogP contribution in [0.25, 0.3) is 0 Å². The van der Waals surface area contributed by atoms with Crippen molar-refractivity contribution >= 4 is 11.9 Å². The summed E-state index contributed by atoms with van der Waals surface area (Å²) in [6.07, 6.45) is 0.200. The standard InChI is InChI=1S/C13H25NO4/c1-10(15)12(2,3)9-18-13(4,5)7-8-14-11(16)17-6/h7-9H2,1-6H3,(H,14,16). The van der Waals surface area contributed by atoms with Gasteiger partial charge < -0.3 is 14.8 Å². The Kier molecular flexibility index (Phi) is 6.32. The van der Waals surface area contributed by atoms with Crippen molar-refractivity contribution in [2.75, 3.05) is 20.3 Å². The van der Waals surface area contributed by atoms with Gasteiger partial charge in [-0.2, -0.15) is 0 Å². The van der Waals surface area contributed by atoms with Crippen molar-refractivity contribution in [1.29, 1.82) is 0 Å². The third kappa shape index (κ3) is 6.59. The number of hydrogen-bond acceptors (Lipinski definition) is 4. The molecule has 0 heterocycles. The van der Waals surface area contributed by atoms with Gasteiger partial charge in [0.05, 0.1) is 19.3 Å². The van der Waals surface area contributed by atoms with Crippen molar-refractivity contribution in [2.24, 2.45) is 5.41 Å². The van der Waals surface area contributed by atoms with E-state index >= 15 is 0 Å². The number of alkyl carbamates (subject to hydrolysis) is 1. The summed E-state index contributed by atoms with van der Waals surface area (Å²) in [5.74, 6) is 0.103. The molecule has 1 amide bonds. The zero-order chi connectivity index (χ0) is 14.4. The van der Waals surface area contributed by atoms with Gasteiger partial charge >= 0.3 is 6.09 Å². The van der Waals surface area contributed by atoms with Crippen LogP contribution in [0.15, 0.2) is 0 Å². The molecule has 0 aliphatic rings. The van der Waals surface area contributed by atoms with Crippen LogP contribution in [0.4, 0.5) is 4.79 Å². The average Bonchev–Trinajstić information content (AvgIpc) is 2.26. The number of ketones is 1. The van der Waals surface area contributed by atoms with Gasteiger partial charge in [-0.1, -0.05) is 13.8 Å². The van der Waals surface area contributed by atoms with E-state index in [1.807, 2.05) is 27.7 Å². The highest BCUT2D eigenvalue weighted by Gasteiger charge is 2.28. The van der Waals surface area contributed by atoms with E-state index in [4.69, 9.17) is 4.74 Å². The minimum Gasteiger partial charge on any atom is -0.453 e. The molecule has 0 radical (unpaired) electrons. The van der Waals surface area contributed by atoms with Gasteiger partial charge in [0.15, 0.2) is 0 Å². The van der Waals surface area contributed by atoms with Crippen LogP contribution in [0.2, 0.25) is 0 Å². The summed E-state index contributed by atoms with van der Waals surface area (Å²) in [7, 11) is 1.33. The second-order valence-corrected chi connectivity index (χ2v) is 5.66. The molecule has 5 heteroatoms. The van der Waals surface area contributed by atoms with Gasteiger partial charge in [0, 0.05) is 12.0 Å². The van der Waals surface area contributed by atoms with Gasteiger partial charge in [-0.05, 0) is 27.2 Å². The molecule has 106 valence electrons. The molecular formula is C13H25NO4. The van der Waals surface area contributed by atoms with Crippen molar-refractivity contribution in [1.82, 2.24) is 5.32 Å². The monoisotopic (exact) mass is 259 g/mol. The van der Waals surface area contributed by atoms with E-state index in [-0.39, 0.29) is 5.78 Å². The van der Waals surface area contributed by atoms with Crippen LogP contribution in [-0.2, 0) is 14.3 Å². The molecule has 0 spiro atoms. The summed E-state index contributed by atoms with van der Waals surface area (Å²) in [4.78, 5) is 22.3. The van der Waals surface area contributed by atoms with Crippen molar-refractivity contribution in [3.8, 4) is 0 Å². The van der Waals surface area contributed by atoms with E-state index in [0.29, 0.717) is 19.6 Å². The Labute approximate surface area is 109 Å². The fourth-order valence-corrected chi connectivity index (χ4v) is 1.09. The second-order valence-electron chi connectivity index (χ2n) is 5.66. The van der Waals surface area contributed by atoms with Crippen LogP contribution >= 0.6 is 0 Å². The van der Waals surface area contributed by atoms with Gasteiger partial charge in [-0.25, -0.2) is 4.79 Å². The summed E-state index contributed by atoms with van der Waals surface area (Å²) in [6, 6.07) is 0. The smallest absolute Gasteiger partial charge is 0.406 e. The minimum atomic E-state index is -0.479. The normalized spacial score (nSPS) is 12.1. The largest absolute Gasteiger partial charge is 0.453 e.